The van der Waals surface area contributed by atoms with Crippen LogP contribution in [-0.2, 0) is 0 Å². The number of aliphatic imine (C=N–C) groups is 1. The van der Waals surface area contributed by atoms with Crippen LogP contribution in [0.3, 0.4) is 0 Å². The third-order valence-electron chi connectivity index (χ3n) is 5.11. The average Bonchev–Trinajstić information content (AvgIpc) is 2.65. The van der Waals surface area contributed by atoms with Crippen molar-refractivity contribution in [2.75, 3.05) is 32.7 Å². The summed E-state index contributed by atoms with van der Waals surface area (Å²) < 4.78 is 0. The Labute approximate surface area is 182 Å². The van der Waals surface area contributed by atoms with Gasteiger partial charge in [-0.05, 0) is 59.2 Å². The Kier molecular flexibility index (Phi) is 10.6. The van der Waals surface area contributed by atoms with Crippen molar-refractivity contribution in [3.05, 3.63) is 35.4 Å². The van der Waals surface area contributed by atoms with Gasteiger partial charge in [-0.15, -0.1) is 24.0 Å². The summed E-state index contributed by atoms with van der Waals surface area (Å²) in [6.45, 7) is 13.0. The SMILES string of the molecule is CCNC(=NCC(C)(C)N1CCCCC1)NCC(O)c1ccc(C)cc1.I. The largest absolute Gasteiger partial charge is 0.387 e. The van der Waals surface area contributed by atoms with Crippen LogP contribution in [0.2, 0.25) is 0 Å². The maximum Gasteiger partial charge on any atom is 0.191 e. The quantitative estimate of drug-likeness (QED) is 0.313. The molecule has 154 valence electrons. The highest BCUT2D eigenvalue weighted by Gasteiger charge is 2.27. The zero-order valence-corrected chi connectivity index (χ0v) is 19.6. The monoisotopic (exact) mass is 488 g/mol. The molecular formula is C21H37IN4O. The molecule has 1 unspecified atom stereocenters. The van der Waals surface area contributed by atoms with Crippen molar-refractivity contribution in [2.45, 2.75) is 58.6 Å². The van der Waals surface area contributed by atoms with E-state index < -0.39 is 6.10 Å². The minimum atomic E-state index is -0.547. The average molecular weight is 488 g/mol. The molecule has 1 atom stereocenters. The van der Waals surface area contributed by atoms with E-state index in [1.54, 1.807) is 0 Å². The molecule has 0 amide bonds. The molecule has 5 nitrogen and oxygen atoms in total. The molecule has 1 fully saturated rings. The lowest BCUT2D eigenvalue weighted by Crippen LogP contribution is -2.49. The van der Waals surface area contributed by atoms with Crippen LogP contribution >= 0.6 is 24.0 Å². The van der Waals surface area contributed by atoms with E-state index in [0.29, 0.717) is 6.54 Å². The second-order valence-corrected chi connectivity index (χ2v) is 7.86. The van der Waals surface area contributed by atoms with Crippen LogP contribution in [0.15, 0.2) is 29.3 Å². The van der Waals surface area contributed by atoms with Gasteiger partial charge in [0, 0.05) is 18.6 Å². The number of halogens is 1. The Morgan fingerprint density at radius 2 is 1.78 bits per heavy atom. The molecule has 27 heavy (non-hydrogen) atoms. The first kappa shape index (κ1) is 24.2. The Morgan fingerprint density at radius 3 is 2.37 bits per heavy atom. The summed E-state index contributed by atoms with van der Waals surface area (Å²) in [6, 6.07) is 8.01. The van der Waals surface area contributed by atoms with Gasteiger partial charge in [0.1, 0.15) is 0 Å². The number of hydrogen-bond acceptors (Lipinski definition) is 3. The molecular weight excluding hydrogens is 451 g/mol. The predicted molar refractivity (Wildman–Crippen MR) is 125 cm³/mol. The summed E-state index contributed by atoms with van der Waals surface area (Å²) in [5.41, 5.74) is 2.18. The molecule has 6 heteroatoms. The van der Waals surface area contributed by atoms with Crippen LogP contribution in [-0.4, -0.2) is 54.2 Å². The Balaban J connectivity index is 0.00000364. The number of nitrogens with one attached hydrogen (secondary N) is 2. The zero-order valence-electron chi connectivity index (χ0n) is 17.3. The van der Waals surface area contributed by atoms with Crippen molar-refractivity contribution in [1.82, 2.24) is 15.5 Å². The fraction of sp³-hybridized carbons (Fsp3) is 0.667. The normalized spacial score (nSPS) is 17.1. The van der Waals surface area contributed by atoms with Crippen molar-refractivity contribution in [3.8, 4) is 0 Å². The summed E-state index contributed by atoms with van der Waals surface area (Å²) in [4.78, 5) is 7.33. The standard InChI is InChI=1S/C21H36N4O.HI/c1-5-22-20(23-15-19(26)18-11-9-17(2)10-12-18)24-16-21(3,4)25-13-7-6-8-14-25;/h9-12,19,26H,5-8,13-16H2,1-4H3,(H2,22,23,24);1H. The molecule has 2 rings (SSSR count). The topological polar surface area (TPSA) is 59.9 Å². The van der Waals surface area contributed by atoms with E-state index in [0.717, 1.165) is 24.6 Å². The van der Waals surface area contributed by atoms with Crippen molar-refractivity contribution in [2.24, 2.45) is 4.99 Å². The number of hydrogen-bond donors (Lipinski definition) is 3. The zero-order chi connectivity index (χ0) is 19.0. The molecule has 3 N–H and O–H groups in total. The van der Waals surface area contributed by atoms with Crippen LogP contribution in [0.25, 0.3) is 0 Å². The molecule has 1 aliphatic rings. The molecule has 0 spiro atoms. The van der Waals surface area contributed by atoms with E-state index in [1.165, 1.54) is 37.9 Å². The van der Waals surface area contributed by atoms with Crippen LogP contribution in [0.4, 0.5) is 0 Å². The minimum Gasteiger partial charge on any atom is -0.387 e. The van der Waals surface area contributed by atoms with E-state index in [2.05, 4.69) is 43.2 Å². The van der Waals surface area contributed by atoms with Crippen molar-refractivity contribution >= 4 is 29.9 Å². The second-order valence-electron chi connectivity index (χ2n) is 7.86. The lowest BCUT2D eigenvalue weighted by Gasteiger charge is -2.40. The summed E-state index contributed by atoms with van der Waals surface area (Å²) in [5.74, 6) is 0.767. The van der Waals surface area contributed by atoms with E-state index in [1.807, 2.05) is 24.3 Å². The van der Waals surface area contributed by atoms with Gasteiger partial charge in [-0.2, -0.15) is 0 Å². The van der Waals surface area contributed by atoms with Gasteiger partial charge in [0.15, 0.2) is 5.96 Å². The van der Waals surface area contributed by atoms with Crippen LogP contribution in [0.5, 0.6) is 0 Å². The molecule has 0 radical (unpaired) electrons. The molecule has 0 aromatic heterocycles. The number of aryl methyl sites for hydroxylation is 1. The first-order valence-electron chi connectivity index (χ1n) is 9.94. The number of aliphatic hydroxyl groups excluding tert-OH is 1. The van der Waals surface area contributed by atoms with Gasteiger partial charge in [-0.3, -0.25) is 9.89 Å². The molecule has 1 aromatic rings. The number of nitrogens with zero attached hydrogens (tertiary/aromatic N) is 2. The Morgan fingerprint density at radius 1 is 1.15 bits per heavy atom. The van der Waals surface area contributed by atoms with Crippen LogP contribution in [0, 0.1) is 6.92 Å². The maximum absolute atomic E-state index is 10.4. The third kappa shape index (κ3) is 7.95. The first-order valence-corrected chi connectivity index (χ1v) is 9.94. The van der Waals surface area contributed by atoms with Gasteiger partial charge in [0.05, 0.1) is 12.6 Å². The lowest BCUT2D eigenvalue weighted by atomic mass is 9.99. The molecule has 0 bridgehead atoms. The van der Waals surface area contributed by atoms with E-state index in [9.17, 15) is 5.11 Å². The molecule has 1 aromatic carbocycles. The summed E-state index contributed by atoms with van der Waals surface area (Å²) in [6.07, 6.45) is 3.37. The fourth-order valence-corrected chi connectivity index (χ4v) is 3.31. The first-order chi connectivity index (χ1) is 12.4. The predicted octanol–water partition coefficient (Wildman–Crippen LogP) is 3.47. The molecule has 1 aliphatic heterocycles. The highest BCUT2D eigenvalue weighted by atomic mass is 127. The van der Waals surface area contributed by atoms with Gasteiger partial charge in [-0.25, -0.2) is 0 Å². The fourth-order valence-electron chi connectivity index (χ4n) is 3.31. The van der Waals surface area contributed by atoms with Gasteiger partial charge in [0.25, 0.3) is 0 Å². The van der Waals surface area contributed by atoms with E-state index in [4.69, 9.17) is 4.99 Å². The number of aliphatic hydroxyl groups is 1. The number of piperidine rings is 1. The number of likely N-dealkylation sites (tertiary alicyclic amines) is 1. The third-order valence-corrected chi connectivity index (χ3v) is 5.11. The number of rotatable bonds is 7. The van der Waals surface area contributed by atoms with Gasteiger partial charge < -0.3 is 15.7 Å². The van der Waals surface area contributed by atoms with Crippen LogP contribution < -0.4 is 10.6 Å². The highest BCUT2D eigenvalue weighted by molar-refractivity contribution is 14.0. The number of guanidine groups is 1. The Hall–Kier alpha value is -0.860. The summed E-state index contributed by atoms with van der Waals surface area (Å²) in [5, 5.41) is 17.0. The molecule has 1 saturated heterocycles. The number of benzene rings is 1. The molecule has 0 aliphatic carbocycles. The molecule has 0 saturated carbocycles. The van der Waals surface area contributed by atoms with E-state index in [-0.39, 0.29) is 29.5 Å². The van der Waals surface area contributed by atoms with Crippen LogP contribution in [0.1, 0.15) is 57.3 Å². The smallest absolute Gasteiger partial charge is 0.191 e. The molecule has 1 heterocycles. The minimum absolute atomic E-state index is 0. The van der Waals surface area contributed by atoms with Gasteiger partial charge in [0.2, 0.25) is 0 Å². The van der Waals surface area contributed by atoms with E-state index >= 15 is 0 Å². The summed E-state index contributed by atoms with van der Waals surface area (Å²) in [7, 11) is 0. The summed E-state index contributed by atoms with van der Waals surface area (Å²) >= 11 is 0. The van der Waals surface area contributed by atoms with Gasteiger partial charge >= 0.3 is 0 Å². The van der Waals surface area contributed by atoms with Crippen molar-refractivity contribution < 1.29 is 5.11 Å². The van der Waals surface area contributed by atoms with Crippen molar-refractivity contribution in [3.63, 3.8) is 0 Å². The van der Waals surface area contributed by atoms with Gasteiger partial charge in [-0.1, -0.05) is 36.2 Å². The highest BCUT2D eigenvalue weighted by Crippen LogP contribution is 2.20. The second kappa shape index (κ2) is 11.9. The van der Waals surface area contributed by atoms with Crippen molar-refractivity contribution in [1.29, 1.82) is 0 Å². The Bertz CT molecular complexity index is 568. The lowest BCUT2D eigenvalue weighted by molar-refractivity contribution is 0.102. The maximum atomic E-state index is 10.4.